The smallest absolute Gasteiger partial charge is 0.269 e. The van der Waals surface area contributed by atoms with Gasteiger partial charge in [0.1, 0.15) is 5.82 Å². The largest absolute Gasteiger partial charge is 0.365 e. The normalized spacial score (nSPS) is 12.2. The van der Waals surface area contributed by atoms with Crippen molar-refractivity contribution in [3.63, 3.8) is 0 Å². The van der Waals surface area contributed by atoms with Crippen LogP contribution in [-0.2, 0) is 6.54 Å². The SMILES string of the molecule is O=[N+]([O-])c1ccc2c(c1)CNc1ncccc1-2. The Hall–Kier alpha value is -2.43. The summed E-state index contributed by atoms with van der Waals surface area (Å²) in [5, 5.41) is 13.9. The molecule has 1 aliphatic rings. The average Bonchev–Trinajstić information content (AvgIpc) is 2.38. The van der Waals surface area contributed by atoms with Gasteiger partial charge in [-0.25, -0.2) is 4.98 Å². The summed E-state index contributed by atoms with van der Waals surface area (Å²) in [5.74, 6) is 0.828. The van der Waals surface area contributed by atoms with E-state index in [1.165, 1.54) is 6.07 Å². The highest BCUT2D eigenvalue weighted by molar-refractivity contribution is 5.81. The maximum Gasteiger partial charge on any atom is 0.269 e. The second kappa shape index (κ2) is 3.55. The number of nitro groups is 1. The van der Waals surface area contributed by atoms with E-state index in [-0.39, 0.29) is 10.6 Å². The summed E-state index contributed by atoms with van der Waals surface area (Å²) in [6.45, 7) is 0.570. The summed E-state index contributed by atoms with van der Waals surface area (Å²) < 4.78 is 0. The van der Waals surface area contributed by atoms with Crippen LogP contribution >= 0.6 is 0 Å². The molecule has 0 spiro atoms. The van der Waals surface area contributed by atoms with Crippen LogP contribution in [0, 0.1) is 10.1 Å². The number of nitrogens with one attached hydrogen (secondary N) is 1. The molecule has 1 N–H and O–H groups in total. The van der Waals surface area contributed by atoms with Crippen LogP contribution in [-0.4, -0.2) is 9.91 Å². The van der Waals surface area contributed by atoms with E-state index in [9.17, 15) is 10.1 Å². The lowest BCUT2D eigenvalue weighted by molar-refractivity contribution is -0.384. The first-order valence-corrected chi connectivity index (χ1v) is 5.22. The fourth-order valence-electron chi connectivity index (χ4n) is 2.05. The third kappa shape index (κ3) is 1.52. The molecule has 0 unspecified atom stereocenters. The minimum absolute atomic E-state index is 0.123. The van der Waals surface area contributed by atoms with Crippen molar-refractivity contribution in [2.75, 3.05) is 5.32 Å². The Morgan fingerprint density at radius 1 is 1.29 bits per heavy atom. The lowest BCUT2D eigenvalue weighted by atomic mass is 9.96. The Balaban J connectivity index is 2.18. The highest BCUT2D eigenvalue weighted by atomic mass is 16.6. The molecule has 0 amide bonds. The average molecular weight is 227 g/mol. The first-order chi connectivity index (χ1) is 8.25. The van der Waals surface area contributed by atoms with E-state index in [4.69, 9.17) is 0 Å². The molecule has 0 saturated heterocycles. The number of nitro benzene ring substituents is 1. The Morgan fingerprint density at radius 2 is 2.18 bits per heavy atom. The van der Waals surface area contributed by atoms with Gasteiger partial charge in [-0.2, -0.15) is 0 Å². The van der Waals surface area contributed by atoms with Crippen LogP contribution in [0.25, 0.3) is 11.1 Å². The predicted molar refractivity (Wildman–Crippen MR) is 63.7 cm³/mol. The number of non-ortho nitro benzene ring substituents is 1. The zero-order valence-electron chi connectivity index (χ0n) is 8.88. The van der Waals surface area contributed by atoms with Gasteiger partial charge in [0.15, 0.2) is 0 Å². The standard InChI is InChI=1S/C12H9N3O2/c16-15(17)9-3-4-10-8(6-9)7-14-12-11(10)2-1-5-13-12/h1-6H,7H2,(H,13,14). The molecule has 5 nitrogen and oxygen atoms in total. The number of benzene rings is 1. The van der Waals surface area contributed by atoms with Crippen molar-refractivity contribution < 1.29 is 4.92 Å². The van der Waals surface area contributed by atoms with Crippen molar-refractivity contribution in [3.8, 4) is 11.1 Å². The monoisotopic (exact) mass is 227 g/mol. The van der Waals surface area contributed by atoms with Gasteiger partial charge in [-0.05, 0) is 29.3 Å². The van der Waals surface area contributed by atoms with Gasteiger partial charge < -0.3 is 5.32 Å². The van der Waals surface area contributed by atoms with Gasteiger partial charge in [0.05, 0.1) is 4.92 Å². The first-order valence-electron chi connectivity index (χ1n) is 5.22. The number of anilines is 1. The highest BCUT2D eigenvalue weighted by Crippen LogP contribution is 2.35. The van der Waals surface area contributed by atoms with Gasteiger partial charge in [-0.15, -0.1) is 0 Å². The molecule has 0 aliphatic carbocycles. The van der Waals surface area contributed by atoms with Gasteiger partial charge in [0, 0.05) is 30.4 Å². The molecule has 3 rings (SSSR count). The fraction of sp³-hybridized carbons (Fsp3) is 0.0833. The maximum atomic E-state index is 10.7. The summed E-state index contributed by atoms with van der Waals surface area (Å²) in [6.07, 6.45) is 1.72. The van der Waals surface area contributed by atoms with Gasteiger partial charge in [-0.3, -0.25) is 10.1 Å². The van der Waals surface area contributed by atoms with E-state index in [0.29, 0.717) is 6.54 Å². The van der Waals surface area contributed by atoms with Gasteiger partial charge in [0.2, 0.25) is 0 Å². The molecule has 84 valence electrons. The van der Waals surface area contributed by atoms with Crippen molar-refractivity contribution in [2.45, 2.75) is 6.54 Å². The number of aromatic nitrogens is 1. The van der Waals surface area contributed by atoms with Gasteiger partial charge in [-0.1, -0.05) is 0 Å². The maximum absolute atomic E-state index is 10.7. The van der Waals surface area contributed by atoms with E-state index in [0.717, 1.165) is 22.5 Å². The summed E-state index contributed by atoms with van der Waals surface area (Å²) in [4.78, 5) is 14.6. The molecule has 5 heteroatoms. The zero-order chi connectivity index (χ0) is 11.8. The first kappa shape index (κ1) is 9.77. The van der Waals surface area contributed by atoms with Crippen LogP contribution in [0.1, 0.15) is 5.56 Å². The molecular weight excluding hydrogens is 218 g/mol. The summed E-state index contributed by atoms with van der Waals surface area (Å²) in [5.41, 5.74) is 3.05. The third-order valence-electron chi connectivity index (χ3n) is 2.84. The number of fused-ring (bicyclic) bond motifs is 3. The Kier molecular flexibility index (Phi) is 2.04. The van der Waals surface area contributed by atoms with Gasteiger partial charge >= 0.3 is 0 Å². The number of nitrogens with zero attached hydrogens (tertiary/aromatic N) is 2. The number of rotatable bonds is 1. The number of pyridine rings is 1. The second-order valence-electron chi connectivity index (χ2n) is 3.85. The Morgan fingerprint density at radius 3 is 3.00 bits per heavy atom. The number of hydrogen-bond acceptors (Lipinski definition) is 4. The summed E-state index contributed by atoms with van der Waals surface area (Å²) >= 11 is 0. The van der Waals surface area contributed by atoms with Gasteiger partial charge in [0.25, 0.3) is 5.69 Å². The molecule has 0 atom stereocenters. The molecule has 2 heterocycles. The molecule has 2 aromatic rings. The van der Waals surface area contributed by atoms with Crippen molar-refractivity contribution in [2.24, 2.45) is 0 Å². The van der Waals surface area contributed by atoms with E-state index in [2.05, 4.69) is 10.3 Å². The van der Waals surface area contributed by atoms with Crippen molar-refractivity contribution in [1.29, 1.82) is 0 Å². The Labute approximate surface area is 97.3 Å². The minimum atomic E-state index is -0.376. The molecule has 0 radical (unpaired) electrons. The molecule has 1 aliphatic heterocycles. The lowest BCUT2D eigenvalue weighted by Crippen LogP contribution is -2.10. The van der Waals surface area contributed by atoms with Crippen LogP contribution in [0.3, 0.4) is 0 Å². The molecule has 0 bridgehead atoms. The highest BCUT2D eigenvalue weighted by Gasteiger charge is 2.18. The summed E-state index contributed by atoms with van der Waals surface area (Å²) in [7, 11) is 0. The lowest BCUT2D eigenvalue weighted by Gasteiger charge is -2.19. The van der Waals surface area contributed by atoms with E-state index in [1.807, 2.05) is 12.1 Å². The van der Waals surface area contributed by atoms with Crippen LogP contribution in [0.15, 0.2) is 36.5 Å². The van der Waals surface area contributed by atoms with Crippen molar-refractivity contribution in [3.05, 3.63) is 52.2 Å². The Bertz CT molecular complexity index is 610. The van der Waals surface area contributed by atoms with Crippen LogP contribution < -0.4 is 5.32 Å². The van der Waals surface area contributed by atoms with Crippen LogP contribution in [0.2, 0.25) is 0 Å². The van der Waals surface area contributed by atoms with Crippen LogP contribution in [0.4, 0.5) is 11.5 Å². The minimum Gasteiger partial charge on any atom is -0.365 e. The van der Waals surface area contributed by atoms with Crippen molar-refractivity contribution in [1.82, 2.24) is 4.98 Å². The van der Waals surface area contributed by atoms with E-state index >= 15 is 0 Å². The third-order valence-corrected chi connectivity index (χ3v) is 2.84. The molecule has 1 aromatic heterocycles. The molecule has 0 saturated carbocycles. The topological polar surface area (TPSA) is 68.1 Å². The van der Waals surface area contributed by atoms with E-state index < -0.39 is 0 Å². The molecule has 1 aromatic carbocycles. The zero-order valence-corrected chi connectivity index (χ0v) is 8.88. The fourth-order valence-corrected chi connectivity index (χ4v) is 2.05. The summed E-state index contributed by atoms with van der Waals surface area (Å²) in [6, 6.07) is 8.74. The second-order valence-corrected chi connectivity index (χ2v) is 3.85. The van der Waals surface area contributed by atoms with Crippen molar-refractivity contribution >= 4 is 11.5 Å². The number of hydrogen-bond donors (Lipinski definition) is 1. The quantitative estimate of drug-likeness (QED) is 0.600. The molecule has 17 heavy (non-hydrogen) atoms. The molecular formula is C12H9N3O2. The predicted octanol–water partition coefficient (Wildman–Crippen LogP) is 2.58. The molecule has 0 fully saturated rings. The van der Waals surface area contributed by atoms with Crippen LogP contribution in [0.5, 0.6) is 0 Å². The van der Waals surface area contributed by atoms with E-state index in [1.54, 1.807) is 18.3 Å².